The Hall–Kier alpha value is -3.57. The Morgan fingerprint density at radius 1 is 1.22 bits per heavy atom. The molecule has 7 nitrogen and oxygen atoms in total. The maximum absolute atomic E-state index is 14.6. The average Bonchev–Trinajstić information content (AvgIpc) is 3.18. The molecule has 36 heavy (non-hydrogen) atoms. The van der Waals surface area contributed by atoms with E-state index in [1.807, 2.05) is 31.2 Å². The summed E-state index contributed by atoms with van der Waals surface area (Å²) in [5.41, 5.74) is 1.26. The van der Waals surface area contributed by atoms with Gasteiger partial charge in [-0.25, -0.2) is 18.7 Å². The van der Waals surface area contributed by atoms with Crippen LogP contribution in [0.15, 0.2) is 42.9 Å². The topological polar surface area (TPSA) is 75.9 Å². The summed E-state index contributed by atoms with van der Waals surface area (Å²) in [4.78, 5) is 22.1. The number of halogens is 5. The van der Waals surface area contributed by atoms with E-state index in [9.17, 15) is 26.7 Å². The van der Waals surface area contributed by atoms with E-state index in [2.05, 4.69) is 20.4 Å². The molecule has 0 saturated carbocycles. The van der Waals surface area contributed by atoms with Crippen LogP contribution in [0, 0.1) is 12.8 Å². The van der Waals surface area contributed by atoms with Gasteiger partial charge in [0.2, 0.25) is 5.95 Å². The van der Waals surface area contributed by atoms with Crippen LogP contribution in [0.3, 0.4) is 0 Å². The van der Waals surface area contributed by atoms with Crippen molar-refractivity contribution in [1.82, 2.24) is 24.6 Å². The number of rotatable bonds is 5. The van der Waals surface area contributed by atoms with Crippen LogP contribution < -0.4 is 5.32 Å². The Morgan fingerprint density at radius 2 is 1.92 bits per heavy atom. The summed E-state index contributed by atoms with van der Waals surface area (Å²) < 4.78 is 69.0. The first-order valence-corrected chi connectivity index (χ1v) is 11.3. The summed E-state index contributed by atoms with van der Waals surface area (Å²) in [5, 5.41) is 7.07. The number of carbonyl (C=O) groups is 1. The van der Waals surface area contributed by atoms with Gasteiger partial charge >= 0.3 is 6.18 Å². The molecule has 0 spiro atoms. The van der Waals surface area contributed by atoms with Crippen LogP contribution in [0.5, 0.6) is 0 Å². The Labute approximate surface area is 204 Å². The van der Waals surface area contributed by atoms with Crippen molar-refractivity contribution in [2.75, 3.05) is 18.4 Å². The van der Waals surface area contributed by atoms with Gasteiger partial charge in [-0.3, -0.25) is 9.48 Å². The smallest absolute Gasteiger partial charge is 0.352 e. The summed E-state index contributed by atoms with van der Waals surface area (Å²) >= 11 is 0. The summed E-state index contributed by atoms with van der Waals surface area (Å²) in [6.07, 6.45) is -2.08. The summed E-state index contributed by atoms with van der Waals surface area (Å²) in [5.74, 6) is -4.48. The highest BCUT2D eigenvalue weighted by Crippen LogP contribution is 2.36. The predicted octanol–water partition coefficient (Wildman–Crippen LogP) is 4.80. The molecule has 0 bridgehead atoms. The van der Waals surface area contributed by atoms with E-state index >= 15 is 0 Å². The molecule has 12 heteroatoms. The number of aromatic nitrogens is 4. The molecule has 3 aromatic rings. The van der Waals surface area contributed by atoms with Crippen molar-refractivity contribution in [3.05, 3.63) is 59.7 Å². The van der Waals surface area contributed by atoms with Gasteiger partial charge in [0, 0.05) is 44.2 Å². The molecule has 0 aliphatic carbocycles. The second-order valence-corrected chi connectivity index (χ2v) is 9.15. The van der Waals surface area contributed by atoms with Crippen LogP contribution in [0.1, 0.15) is 35.0 Å². The molecular weight excluding hydrogens is 483 g/mol. The van der Waals surface area contributed by atoms with Gasteiger partial charge < -0.3 is 10.2 Å². The third kappa shape index (κ3) is 5.47. The highest BCUT2D eigenvalue weighted by Gasteiger charge is 2.47. The summed E-state index contributed by atoms with van der Waals surface area (Å²) in [6, 6.07) is 6.73. The molecule has 2 aromatic heterocycles. The Kier molecular flexibility index (Phi) is 6.72. The summed E-state index contributed by atoms with van der Waals surface area (Å²) in [7, 11) is 1.64. The molecule has 0 unspecified atom stereocenters. The van der Waals surface area contributed by atoms with Crippen LogP contribution in [-0.4, -0.2) is 55.6 Å². The van der Waals surface area contributed by atoms with Crippen molar-refractivity contribution in [3.8, 4) is 11.1 Å². The number of piperidine rings is 1. The van der Waals surface area contributed by atoms with Crippen LogP contribution >= 0.6 is 0 Å². The number of aryl methyl sites for hydroxylation is 2. The Balaban J connectivity index is 1.61. The van der Waals surface area contributed by atoms with Crippen LogP contribution in [0.25, 0.3) is 11.1 Å². The fourth-order valence-corrected chi connectivity index (χ4v) is 4.45. The molecule has 3 heterocycles. The van der Waals surface area contributed by atoms with E-state index in [0.29, 0.717) is 18.0 Å². The van der Waals surface area contributed by atoms with E-state index in [1.165, 1.54) is 4.68 Å². The number of hydrogen-bond acceptors (Lipinski definition) is 5. The van der Waals surface area contributed by atoms with E-state index < -0.39 is 48.5 Å². The van der Waals surface area contributed by atoms with Crippen LogP contribution in [-0.2, 0) is 13.2 Å². The van der Waals surface area contributed by atoms with E-state index in [0.717, 1.165) is 16.0 Å². The molecule has 1 N–H and O–H groups in total. The summed E-state index contributed by atoms with van der Waals surface area (Å²) in [6.45, 7) is 2.67. The van der Waals surface area contributed by atoms with Gasteiger partial charge in [0.15, 0.2) is 5.69 Å². The van der Waals surface area contributed by atoms with Gasteiger partial charge in [-0.2, -0.15) is 18.3 Å². The number of alkyl halides is 5. The van der Waals surface area contributed by atoms with Gasteiger partial charge in [0.25, 0.3) is 11.8 Å². The first-order chi connectivity index (χ1) is 16.8. The SMILES string of the molecule is Cc1cccc(-c2cn(C)nc2C(=O)N2CC(F)(F)C[C@@H](C)[C@H]2CNc2ncc(C(F)(F)F)cn2)c1. The molecule has 1 fully saturated rings. The van der Waals surface area contributed by atoms with Crippen molar-refractivity contribution in [3.63, 3.8) is 0 Å². The lowest BCUT2D eigenvalue weighted by atomic mass is 9.88. The third-order valence-electron chi connectivity index (χ3n) is 6.15. The molecule has 1 aliphatic heterocycles. The van der Waals surface area contributed by atoms with Crippen molar-refractivity contribution in [2.45, 2.75) is 38.4 Å². The zero-order valence-corrected chi connectivity index (χ0v) is 19.9. The lowest BCUT2D eigenvalue weighted by Gasteiger charge is -2.43. The van der Waals surface area contributed by atoms with E-state index in [-0.39, 0.29) is 18.2 Å². The van der Waals surface area contributed by atoms with Crippen LogP contribution in [0.2, 0.25) is 0 Å². The lowest BCUT2D eigenvalue weighted by Crippen LogP contribution is -2.57. The molecule has 4 rings (SSSR count). The molecular formula is C24H25F5N6O. The second-order valence-electron chi connectivity index (χ2n) is 9.15. The fraction of sp³-hybridized carbons (Fsp3) is 0.417. The highest BCUT2D eigenvalue weighted by atomic mass is 19.4. The number of amides is 1. The van der Waals surface area contributed by atoms with Gasteiger partial charge in [-0.15, -0.1) is 0 Å². The maximum atomic E-state index is 14.6. The molecule has 1 aliphatic rings. The average molecular weight is 508 g/mol. The zero-order chi connectivity index (χ0) is 26.3. The normalized spacial score (nSPS) is 19.8. The fourth-order valence-electron chi connectivity index (χ4n) is 4.45. The molecule has 1 aromatic carbocycles. The maximum Gasteiger partial charge on any atom is 0.419 e. The number of nitrogens with one attached hydrogen (secondary N) is 1. The number of hydrogen-bond donors (Lipinski definition) is 1. The van der Waals surface area contributed by atoms with Crippen molar-refractivity contribution < 1.29 is 26.7 Å². The minimum atomic E-state index is -4.58. The molecule has 2 atom stereocenters. The van der Waals surface area contributed by atoms with Crippen molar-refractivity contribution in [1.29, 1.82) is 0 Å². The predicted molar refractivity (Wildman–Crippen MR) is 122 cm³/mol. The number of carbonyl (C=O) groups excluding carboxylic acids is 1. The highest BCUT2D eigenvalue weighted by molar-refractivity contribution is 5.99. The van der Waals surface area contributed by atoms with E-state index in [1.54, 1.807) is 20.2 Å². The molecule has 0 radical (unpaired) electrons. The standard InChI is InChI=1S/C24H25F5N6O/c1-14-5-4-6-16(7-14)18-12-34(3)33-20(18)21(36)35-13-23(25,26)8-15(2)19(35)11-32-22-30-9-17(10-31-22)24(27,28)29/h4-7,9-10,12,15,19H,8,11,13H2,1-3H3,(H,30,31,32)/t15-,19-/m1/s1. The molecule has 1 saturated heterocycles. The number of benzene rings is 1. The van der Waals surface area contributed by atoms with Gasteiger partial charge in [0.05, 0.1) is 18.2 Å². The third-order valence-corrected chi connectivity index (χ3v) is 6.15. The monoisotopic (exact) mass is 508 g/mol. The van der Waals surface area contributed by atoms with Gasteiger partial charge in [-0.05, 0) is 18.4 Å². The Morgan fingerprint density at radius 3 is 2.56 bits per heavy atom. The minimum Gasteiger partial charge on any atom is -0.352 e. The number of anilines is 1. The lowest BCUT2D eigenvalue weighted by molar-refractivity contribution is -0.138. The largest absolute Gasteiger partial charge is 0.419 e. The van der Waals surface area contributed by atoms with Crippen molar-refractivity contribution in [2.24, 2.45) is 13.0 Å². The second kappa shape index (κ2) is 9.47. The Bertz CT molecular complexity index is 1240. The molecule has 192 valence electrons. The minimum absolute atomic E-state index is 0.0268. The zero-order valence-electron chi connectivity index (χ0n) is 19.9. The number of likely N-dealkylation sites (tertiary alicyclic amines) is 1. The first-order valence-electron chi connectivity index (χ1n) is 11.3. The van der Waals surface area contributed by atoms with Crippen molar-refractivity contribution >= 4 is 11.9 Å². The van der Waals surface area contributed by atoms with Gasteiger partial charge in [-0.1, -0.05) is 36.8 Å². The number of nitrogens with zero attached hydrogens (tertiary/aromatic N) is 5. The molecule has 1 amide bonds. The first kappa shape index (κ1) is 25.5. The van der Waals surface area contributed by atoms with Crippen LogP contribution in [0.4, 0.5) is 27.9 Å². The van der Waals surface area contributed by atoms with Gasteiger partial charge in [0.1, 0.15) is 0 Å². The van der Waals surface area contributed by atoms with E-state index in [4.69, 9.17) is 0 Å². The quantitative estimate of drug-likeness (QED) is 0.501.